The number of hydrogen-bond acceptors (Lipinski definition) is 4. The topological polar surface area (TPSA) is 97.9 Å². The van der Waals surface area contributed by atoms with E-state index < -0.39 is 21.5 Å². The Bertz CT molecular complexity index is 1850. The Morgan fingerprint density at radius 1 is 0.980 bits per heavy atom. The molecule has 1 atom stereocenters. The zero-order chi connectivity index (χ0) is 35.4. The van der Waals surface area contributed by atoms with Crippen LogP contribution in [-0.2, 0) is 25.7 Å². The first kappa shape index (κ1) is 39.3. The fraction of sp³-hybridized carbons (Fsp3) is 0.463. The first-order valence-corrected chi connectivity index (χ1v) is 19.5. The summed E-state index contributed by atoms with van der Waals surface area (Å²) in [6.45, 7) is 10.3. The van der Waals surface area contributed by atoms with Gasteiger partial charge in [0, 0.05) is 58.9 Å². The van der Waals surface area contributed by atoms with E-state index in [2.05, 4.69) is 91.8 Å². The number of carbonyl (C=O) groups is 1. The van der Waals surface area contributed by atoms with Crippen molar-refractivity contribution in [3.63, 3.8) is 0 Å². The summed E-state index contributed by atoms with van der Waals surface area (Å²) in [4.78, 5) is 13.6. The molecule has 7 nitrogen and oxygen atoms in total. The molecular weight excluding hydrogens is 668 g/mol. The van der Waals surface area contributed by atoms with E-state index in [9.17, 15) is 22.9 Å². The Hall–Kier alpha value is -3.46. The molecule has 2 aromatic carbocycles. The molecule has 2 N–H and O–H groups in total. The number of para-hydroxylation sites is 2. The maximum Gasteiger partial charge on any atom is 0.303 e. The highest BCUT2D eigenvalue weighted by atomic mass is 35.5. The molecule has 0 bridgehead atoms. The van der Waals surface area contributed by atoms with E-state index in [-0.39, 0.29) is 31.4 Å². The SMILES string of the molecule is C.CCCC[N+]1=C(/C=C/C2=C(Cl)C(=C/C=C3/N(CCCS(=O)(=O)O)c4ccccc4C3(C)CCCC(=O)O)/CCC2)C(C)(C)c2ccccc21. The molecular formula is C41H54ClN2O5S+. The van der Waals surface area contributed by atoms with Gasteiger partial charge in [0.25, 0.3) is 10.1 Å². The number of unbranched alkanes of at least 4 members (excludes halogenated alkanes) is 1. The fourth-order valence-corrected chi connectivity index (χ4v) is 8.59. The number of benzene rings is 2. The van der Waals surface area contributed by atoms with Crippen LogP contribution in [0.2, 0.25) is 0 Å². The highest BCUT2D eigenvalue weighted by Gasteiger charge is 2.44. The summed E-state index contributed by atoms with van der Waals surface area (Å²) in [5.41, 5.74) is 8.45. The third kappa shape index (κ3) is 8.35. The van der Waals surface area contributed by atoms with Crippen molar-refractivity contribution in [2.45, 2.75) is 104 Å². The van der Waals surface area contributed by atoms with Crippen molar-refractivity contribution in [1.29, 1.82) is 0 Å². The molecule has 2 heterocycles. The van der Waals surface area contributed by atoms with Crippen molar-refractivity contribution in [3.05, 3.63) is 106 Å². The maximum atomic E-state index is 11.6. The predicted octanol–water partition coefficient (Wildman–Crippen LogP) is 9.85. The summed E-state index contributed by atoms with van der Waals surface area (Å²) in [6, 6.07) is 16.7. The van der Waals surface area contributed by atoms with Gasteiger partial charge >= 0.3 is 5.97 Å². The average Bonchev–Trinajstić information content (AvgIpc) is 3.41. The van der Waals surface area contributed by atoms with Gasteiger partial charge in [-0.1, -0.05) is 80.9 Å². The molecule has 2 aromatic rings. The molecule has 5 rings (SSSR count). The third-order valence-corrected chi connectivity index (χ3v) is 11.7. The van der Waals surface area contributed by atoms with Crippen LogP contribution >= 0.6 is 11.6 Å². The fourth-order valence-electron chi connectivity index (χ4n) is 7.78. The number of aliphatic carboxylic acids is 1. The van der Waals surface area contributed by atoms with Gasteiger partial charge in [0.15, 0.2) is 5.71 Å². The molecule has 0 amide bonds. The minimum absolute atomic E-state index is 0. The van der Waals surface area contributed by atoms with Gasteiger partial charge in [-0.2, -0.15) is 13.0 Å². The number of carboxylic acid groups (broad SMARTS) is 1. The van der Waals surface area contributed by atoms with Crippen LogP contribution in [0.5, 0.6) is 0 Å². The van der Waals surface area contributed by atoms with Crippen LogP contribution in [0.3, 0.4) is 0 Å². The van der Waals surface area contributed by atoms with E-state index in [0.29, 0.717) is 19.4 Å². The molecule has 270 valence electrons. The molecule has 9 heteroatoms. The Morgan fingerprint density at radius 2 is 1.68 bits per heavy atom. The normalized spacial score (nSPS) is 21.7. The highest BCUT2D eigenvalue weighted by molar-refractivity contribution is 7.85. The quantitative estimate of drug-likeness (QED) is 0.149. The van der Waals surface area contributed by atoms with Gasteiger partial charge in [0.2, 0.25) is 5.69 Å². The number of fused-ring (bicyclic) bond motifs is 2. The molecule has 0 spiro atoms. The molecule has 0 fully saturated rings. The van der Waals surface area contributed by atoms with Gasteiger partial charge in [-0.15, -0.1) is 0 Å². The molecule has 1 aliphatic carbocycles. The van der Waals surface area contributed by atoms with Crippen molar-refractivity contribution in [1.82, 2.24) is 0 Å². The van der Waals surface area contributed by atoms with Crippen LogP contribution in [-0.4, -0.2) is 53.2 Å². The van der Waals surface area contributed by atoms with E-state index in [1.807, 2.05) is 18.2 Å². The smallest absolute Gasteiger partial charge is 0.303 e. The van der Waals surface area contributed by atoms with Gasteiger partial charge in [-0.3, -0.25) is 9.35 Å². The van der Waals surface area contributed by atoms with E-state index in [1.165, 1.54) is 17.0 Å². The van der Waals surface area contributed by atoms with Crippen LogP contribution in [0, 0.1) is 0 Å². The van der Waals surface area contributed by atoms with Gasteiger partial charge in [-0.05, 0) is 88.1 Å². The number of anilines is 1. The Balaban J connectivity index is 0.00000562. The molecule has 1 unspecified atom stereocenters. The van der Waals surface area contributed by atoms with Crippen molar-refractivity contribution >= 4 is 44.8 Å². The summed E-state index contributed by atoms with van der Waals surface area (Å²) >= 11 is 7.18. The van der Waals surface area contributed by atoms with Crippen LogP contribution in [0.25, 0.3) is 0 Å². The summed E-state index contributed by atoms with van der Waals surface area (Å²) in [6.07, 6.45) is 15.0. The number of carboxylic acids is 1. The summed E-state index contributed by atoms with van der Waals surface area (Å²) in [7, 11) is -4.11. The largest absolute Gasteiger partial charge is 0.481 e. The van der Waals surface area contributed by atoms with Crippen LogP contribution in [0.1, 0.15) is 104 Å². The lowest BCUT2D eigenvalue weighted by molar-refractivity contribution is -0.438. The minimum Gasteiger partial charge on any atom is -0.481 e. The second kappa shape index (κ2) is 16.3. The summed E-state index contributed by atoms with van der Waals surface area (Å²) in [5.74, 6) is -1.17. The molecule has 3 aliphatic rings. The molecule has 2 aliphatic heterocycles. The van der Waals surface area contributed by atoms with Crippen molar-refractivity contribution in [2.75, 3.05) is 23.7 Å². The number of nitrogens with zero attached hydrogens (tertiary/aromatic N) is 2. The first-order chi connectivity index (χ1) is 23.3. The molecule has 0 aromatic heterocycles. The number of rotatable bonds is 14. The number of halogens is 1. The van der Waals surface area contributed by atoms with Crippen LogP contribution in [0.15, 0.2) is 94.7 Å². The number of allylic oxidation sites excluding steroid dienone is 8. The lowest BCUT2D eigenvalue weighted by atomic mass is 9.77. The van der Waals surface area contributed by atoms with Crippen LogP contribution < -0.4 is 4.90 Å². The van der Waals surface area contributed by atoms with Crippen LogP contribution in [0.4, 0.5) is 11.4 Å². The monoisotopic (exact) mass is 721 g/mol. The molecule has 0 radical (unpaired) electrons. The highest BCUT2D eigenvalue weighted by Crippen LogP contribution is 2.51. The minimum atomic E-state index is -4.11. The van der Waals surface area contributed by atoms with Gasteiger partial charge in [-0.25, -0.2) is 0 Å². The second-order valence-electron chi connectivity index (χ2n) is 14.2. The van der Waals surface area contributed by atoms with E-state index >= 15 is 0 Å². The van der Waals surface area contributed by atoms with Gasteiger partial charge in [0.1, 0.15) is 6.54 Å². The average molecular weight is 722 g/mol. The molecule has 0 saturated carbocycles. The molecule has 0 saturated heterocycles. The van der Waals surface area contributed by atoms with Gasteiger partial charge in [0.05, 0.1) is 11.2 Å². The molecule has 50 heavy (non-hydrogen) atoms. The number of hydrogen-bond donors (Lipinski definition) is 2. The Labute approximate surface area is 304 Å². The maximum absolute atomic E-state index is 11.6. The van der Waals surface area contributed by atoms with E-state index in [0.717, 1.165) is 71.8 Å². The van der Waals surface area contributed by atoms with Crippen molar-refractivity contribution < 1.29 is 27.4 Å². The predicted molar refractivity (Wildman–Crippen MR) is 207 cm³/mol. The second-order valence-corrected chi connectivity index (χ2v) is 16.1. The van der Waals surface area contributed by atoms with Gasteiger partial charge < -0.3 is 10.0 Å². The zero-order valence-electron chi connectivity index (χ0n) is 29.2. The third-order valence-electron chi connectivity index (χ3n) is 10.4. The lowest BCUT2D eigenvalue weighted by Gasteiger charge is -2.30. The Morgan fingerprint density at radius 3 is 2.38 bits per heavy atom. The summed E-state index contributed by atoms with van der Waals surface area (Å²) < 4.78 is 35.1. The lowest BCUT2D eigenvalue weighted by Crippen LogP contribution is -2.30. The standard InChI is InChI=1S/C40H49ClN2O5S.CH4/c1-5-6-26-42-33-18-9-7-16-31(33)39(2,3)35(42)23-21-29-14-11-15-30(38(29)41)22-24-36-40(4,25-12-20-37(44)45)32-17-8-10-19-34(32)43(36)27-13-28-49(46,47)48;/h7-10,16-19,21-24H,5-6,11-15,20,25-28H2,1-4H3,(H-,44,45,46,47,48);1H4/p+1. The summed E-state index contributed by atoms with van der Waals surface area (Å²) in [5, 5.41) is 10.2. The van der Waals surface area contributed by atoms with E-state index in [4.69, 9.17) is 11.6 Å². The van der Waals surface area contributed by atoms with Crippen molar-refractivity contribution in [2.24, 2.45) is 0 Å². The van der Waals surface area contributed by atoms with E-state index in [1.54, 1.807) is 0 Å². The zero-order valence-corrected chi connectivity index (χ0v) is 30.8. The van der Waals surface area contributed by atoms with Crippen molar-refractivity contribution in [3.8, 4) is 0 Å². The first-order valence-electron chi connectivity index (χ1n) is 17.5. The Kier molecular flexibility index (Phi) is 12.8.